The SMILES string of the molecule is CCCCCC/C=C\CCCCCCCCOCC(COP(=O)(O)OCC(O)CO)OC(=O)CCCCCCCCCCCCCCCC. The largest absolute Gasteiger partial charge is 0.472 e. The zero-order valence-electron chi connectivity index (χ0n) is 31.7. The Morgan fingerprint density at radius 2 is 1.04 bits per heavy atom. The molecule has 0 bridgehead atoms. The molecule has 292 valence electrons. The van der Waals surface area contributed by atoms with Crippen molar-refractivity contribution in [2.24, 2.45) is 0 Å². The molecule has 0 heterocycles. The summed E-state index contributed by atoms with van der Waals surface area (Å²) in [6.07, 6.45) is 34.5. The maximum absolute atomic E-state index is 12.6. The van der Waals surface area contributed by atoms with E-state index in [1.807, 2.05) is 0 Å². The summed E-state index contributed by atoms with van der Waals surface area (Å²) in [6.45, 7) is 3.51. The van der Waals surface area contributed by atoms with Crippen molar-refractivity contribution in [1.29, 1.82) is 0 Å². The average Bonchev–Trinajstić information content (AvgIpc) is 3.09. The Balaban J connectivity index is 4.19. The minimum absolute atomic E-state index is 0.0501. The molecule has 3 N–H and O–H groups in total. The normalized spacial score (nSPS) is 14.3. The fourth-order valence-electron chi connectivity index (χ4n) is 5.59. The summed E-state index contributed by atoms with van der Waals surface area (Å²) >= 11 is 0. The first-order valence-corrected chi connectivity index (χ1v) is 21.7. The van der Waals surface area contributed by atoms with Gasteiger partial charge in [-0.05, 0) is 38.5 Å². The number of allylic oxidation sites excluding steroid dienone is 2. The van der Waals surface area contributed by atoms with E-state index in [0.717, 1.165) is 44.9 Å². The van der Waals surface area contributed by atoms with E-state index < -0.39 is 33.2 Å². The van der Waals surface area contributed by atoms with E-state index in [0.29, 0.717) is 6.61 Å². The van der Waals surface area contributed by atoms with Crippen LogP contribution in [0.2, 0.25) is 0 Å². The van der Waals surface area contributed by atoms with Gasteiger partial charge in [-0.3, -0.25) is 13.8 Å². The molecule has 10 heteroatoms. The Hall–Kier alpha value is -0.800. The van der Waals surface area contributed by atoms with Crippen LogP contribution in [-0.2, 0) is 27.9 Å². The Bertz CT molecular complexity index is 780. The highest BCUT2D eigenvalue weighted by atomic mass is 31.2. The summed E-state index contributed by atoms with van der Waals surface area (Å²) < 4.78 is 33.3. The third-order valence-corrected chi connectivity index (χ3v) is 9.65. The van der Waals surface area contributed by atoms with Crippen LogP contribution in [-0.4, -0.2) is 66.3 Å². The number of aliphatic hydroxyl groups is 2. The van der Waals surface area contributed by atoms with Gasteiger partial charge in [-0.25, -0.2) is 4.57 Å². The predicted molar refractivity (Wildman–Crippen MR) is 201 cm³/mol. The minimum Gasteiger partial charge on any atom is -0.457 e. The minimum atomic E-state index is -4.51. The summed E-state index contributed by atoms with van der Waals surface area (Å²) in [5.41, 5.74) is 0. The lowest BCUT2D eigenvalue weighted by atomic mass is 10.0. The number of phosphoric acid groups is 1. The standard InChI is InChI=1S/C39H77O9P/c1-3-5-7-9-11-13-15-17-19-21-23-25-27-29-31-39(42)48-38(36-47-49(43,44)46-34-37(41)33-40)35-45-32-30-28-26-24-22-20-18-16-14-12-10-8-6-4-2/h14,16,37-38,40-41H,3-13,15,17-36H2,1-2H3,(H,43,44)/b16-14-. The monoisotopic (exact) mass is 721 g/mol. The molecule has 0 aliphatic rings. The van der Waals surface area contributed by atoms with Crippen LogP contribution in [0.5, 0.6) is 0 Å². The summed E-state index contributed by atoms with van der Waals surface area (Å²) in [4.78, 5) is 22.5. The molecule has 0 spiro atoms. The van der Waals surface area contributed by atoms with Crippen LogP contribution in [0.3, 0.4) is 0 Å². The van der Waals surface area contributed by atoms with Gasteiger partial charge < -0.3 is 24.6 Å². The van der Waals surface area contributed by atoms with E-state index in [2.05, 4.69) is 26.0 Å². The number of esters is 1. The molecule has 3 unspecified atom stereocenters. The number of rotatable bonds is 39. The van der Waals surface area contributed by atoms with Crippen LogP contribution < -0.4 is 0 Å². The van der Waals surface area contributed by atoms with Crippen molar-refractivity contribution in [3.8, 4) is 0 Å². The first-order valence-electron chi connectivity index (χ1n) is 20.2. The lowest BCUT2D eigenvalue weighted by Crippen LogP contribution is -2.29. The van der Waals surface area contributed by atoms with Crippen LogP contribution in [0.1, 0.15) is 187 Å². The van der Waals surface area contributed by atoms with Gasteiger partial charge in [-0.2, -0.15) is 0 Å². The number of carbonyl (C=O) groups excluding carboxylic acids is 1. The number of unbranched alkanes of at least 4 members (excludes halogenated alkanes) is 23. The first-order chi connectivity index (χ1) is 23.8. The van der Waals surface area contributed by atoms with Gasteiger partial charge in [0.05, 0.1) is 26.4 Å². The summed E-state index contributed by atoms with van der Waals surface area (Å²) in [6, 6.07) is 0. The maximum atomic E-state index is 12.6. The molecule has 0 aliphatic heterocycles. The van der Waals surface area contributed by atoms with Crippen molar-refractivity contribution in [3.05, 3.63) is 12.2 Å². The fraction of sp³-hybridized carbons (Fsp3) is 0.923. The van der Waals surface area contributed by atoms with Gasteiger partial charge in [0.1, 0.15) is 12.2 Å². The molecule has 0 aromatic rings. The summed E-state index contributed by atoms with van der Waals surface area (Å²) in [5, 5.41) is 18.3. The number of phosphoric ester groups is 1. The van der Waals surface area contributed by atoms with Gasteiger partial charge in [-0.1, -0.05) is 154 Å². The number of carbonyl (C=O) groups is 1. The molecule has 0 saturated carbocycles. The van der Waals surface area contributed by atoms with Crippen LogP contribution in [0.15, 0.2) is 12.2 Å². The highest BCUT2D eigenvalue weighted by molar-refractivity contribution is 7.47. The average molecular weight is 721 g/mol. The third kappa shape index (κ3) is 36.8. The van der Waals surface area contributed by atoms with Gasteiger partial charge in [-0.15, -0.1) is 0 Å². The number of aliphatic hydroxyl groups excluding tert-OH is 2. The van der Waals surface area contributed by atoms with Crippen molar-refractivity contribution in [1.82, 2.24) is 0 Å². The molecule has 3 atom stereocenters. The zero-order chi connectivity index (χ0) is 36.1. The topological polar surface area (TPSA) is 132 Å². The third-order valence-electron chi connectivity index (χ3n) is 8.70. The van der Waals surface area contributed by atoms with E-state index in [4.69, 9.17) is 23.6 Å². The van der Waals surface area contributed by atoms with Gasteiger partial charge in [0.2, 0.25) is 0 Å². The molecular formula is C39H77O9P. The van der Waals surface area contributed by atoms with Crippen LogP contribution in [0.25, 0.3) is 0 Å². The predicted octanol–water partition coefficient (Wildman–Crippen LogP) is 10.5. The molecule has 0 saturated heterocycles. The molecule has 0 amide bonds. The lowest BCUT2D eigenvalue weighted by Gasteiger charge is -2.20. The number of hydrogen-bond donors (Lipinski definition) is 3. The maximum Gasteiger partial charge on any atom is 0.472 e. The number of hydrogen-bond acceptors (Lipinski definition) is 8. The Kier molecular flexibility index (Phi) is 36.4. The van der Waals surface area contributed by atoms with Crippen molar-refractivity contribution in [3.63, 3.8) is 0 Å². The number of ether oxygens (including phenoxy) is 2. The summed E-state index contributed by atoms with van der Waals surface area (Å²) in [5.74, 6) is -0.383. The second-order valence-electron chi connectivity index (χ2n) is 13.7. The van der Waals surface area contributed by atoms with E-state index >= 15 is 0 Å². The molecule has 0 rings (SSSR count). The van der Waals surface area contributed by atoms with Gasteiger partial charge >= 0.3 is 13.8 Å². The molecule has 49 heavy (non-hydrogen) atoms. The van der Waals surface area contributed by atoms with Gasteiger partial charge in [0.25, 0.3) is 0 Å². The quantitative estimate of drug-likeness (QED) is 0.0246. The molecular weight excluding hydrogens is 643 g/mol. The fourth-order valence-corrected chi connectivity index (χ4v) is 6.37. The van der Waals surface area contributed by atoms with Crippen molar-refractivity contribution < 1.29 is 43.0 Å². The van der Waals surface area contributed by atoms with Crippen molar-refractivity contribution >= 4 is 13.8 Å². The molecule has 9 nitrogen and oxygen atoms in total. The van der Waals surface area contributed by atoms with Crippen molar-refractivity contribution in [2.45, 2.75) is 199 Å². The van der Waals surface area contributed by atoms with Gasteiger partial charge in [0, 0.05) is 13.0 Å². The highest BCUT2D eigenvalue weighted by Crippen LogP contribution is 2.43. The van der Waals surface area contributed by atoms with Crippen molar-refractivity contribution in [2.75, 3.05) is 33.0 Å². The van der Waals surface area contributed by atoms with Gasteiger partial charge in [0.15, 0.2) is 0 Å². The van der Waals surface area contributed by atoms with Crippen LogP contribution in [0.4, 0.5) is 0 Å². The smallest absolute Gasteiger partial charge is 0.457 e. The van der Waals surface area contributed by atoms with E-state index in [-0.39, 0.29) is 25.6 Å². The molecule has 0 aliphatic carbocycles. The Labute approximate surface area is 300 Å². The second-order valence-corrected chi connectivity index (χ2v) is 15.1. The van der Waals surface area contributed by atoms with E-state index in [9.17, 15) is 19.4 Å². The van der Waals surface area contributed by atoms with E-state index in [1.165, 1.54) is 122 Å². The molecule has 0 fully saturated rings. The van der Waals surface area contributed by atoms with Crippen LogP contribution >= 0.6 is 7.82 Å². The highest BCUT2D eigenvalue weighted by Gasteiger charge is 2.26. The molecule has 0 aromatic heterocycles. The lowest BCUT2D eigenvalue weighted by molar-refractivity contribution is -0.154. The summed E-state index contributed by atoms with van der Waals surface area (Å²) in [7, 11) is -4.51. The molecule has 0 aromatic carbocycles. The first kappa shape index (κ1) is 48.2. The molecule has 0 radical (unpaired) electrons. The Morgan fingerprint density at radius 1 is 0.612 bits per heavy atom. The van der Waals surface area contributed by atoms with Crippen LogP contribution in [0, 0.1) is 0 Å². The Morgan fingerprint density at radius 3 is 1.55 bits per heavy atom. The van der Waals surface area contributed by atoms with E-state index in [1.54, 1.807) is 0 Å². The second kappa shape index (κ2) is 37.0. The zero-order valence-corrected chi connectivity index (χ0v) is 32.6.